The molecule has 0 unspecified atom stereocenters. The van der Waals surface area contributed by atoms with Crippen LogP contribution in [0.5, 0.6) is 0 Å². The van der Waals surface area contributed by atoms with E-state index in [0.717, 1.165) is 6.42 Å². The van der Waals surface area contributed by atoms with E-state index in [0.29, 0.717) is 0 Å². The third-order valence-corrected chi connectivity index (χ3v) is 11.3. The summed E-state index contributed by atoms with van der Waals surface area (Å²) in [6.07, 6.45) is 0.964. The average Bonchev–Trinajstić information content (AvgIpc) is 3.82. The molecule has 9 aromatic rings. The lowest BCUT2D eigenvalue weighted by molar-refractivity contribution is 0.661. The number of para-hydroxylation sites is 3. The van der Waals surface area contributed by atoms with E-state index in [4.69, 9.17) is 0 Å². The maximum Gasteiger partial charge on any atom is 0.0544 e. The third-order valence-electron chi connectivity index (χ3n) is 11.3. The van der Waals surface area contributed by atoms with E-state index in [1.165, 1.54) is 99.5 Å². The number of hydrogen-bond acceptors (Lipinski definition) is 0. The van der Waals surface area contributed by atoms with Crippen LogP contribution in [-0.2, 0) is 11.8 Å². The van der Waals surface area contributed by atoms with Gasteiger partial charge in [0.25, 0.3) is 0 Å². The van der Waals surface area contributed by atoms with Crippen molar-refractivity contribution in [2.45, 2.75) is 25.7 Å². The molecular formula is C46H32N2. The molecule has 2 aliphatic rings. The lowest BCUT2D eigenvalue weighted by atomic mass is 9.82. The van der Waals surface area contributed by atoms with Crippen LogP contribution in [0, 0.1) is 0 Å². The summed E-state index contributed by atoms with van der Waals surface area (Å²) in [5.74, 6) is 0. The van der Waals surface area contributed by atoms with Crippen molar-refractivity contribution >= 4 is 43.6 Å². The standard InChI is InChI=1S/C46H32N2/c1-46(2)40-15-7-3-11-32(40)38-26-39-35-14-6-10-18-44(35)48(45(39)27-41(38)46)31-22-20-29-23-28-19-21-30(24-36(28)37(29)25-31)47-42-16-8-4-12-33(42)34-13-5-9-17-43(34)47/h3-22,24-27H,23H2,1-2H3. The van der Waals surface area contributed by atoms with Gasteiger partial charge in [-0.3, -0.25) is 0 Å². The first-order valence-electron chi connectivity index (χ1n) is 17.0. The van der Waals surface area contributed by atoms with Gasteiger partial charge < -0.3 is 9.13 Å². The Kier molecular flexibility index (Phi) is 5.00. The van der Waals surface area contributed by atoms with E-state index in [9.17, 15) is 0 Å². The van der Waals surface area contributed by atoms with Crippen molar-refractivity contribution in [3.05, 3.63) is 168 Å². The molecule has 2 nitrogen and oxygen atoms in total. The highest BCUT2D eigenvalue weighted by Crippen LogP contribution is 2.51. The van der Waals surface area contributed by atoms with Gasteiger partial charge in [-0.1, -0.05) is 105 Å². The largest absolute Gasteiger partial charge is 0.309 e. The minimum Gasteiger partial charge on any atom is -0.309 e. The molecule has 0 atom stereocenters. The van der Waals surface area contributed by atoms with E-state index < -0.39 is 0 Å². The number of fused-ring (bicyclic) bond motifs is 12. The smallest absolute Gasteiger partial charge is 0.0544 e. The summed E-state index contributed by atoms with van der Waals surface area (Å²) in [6, 6.07) is 54.5. The normalized spacial score (nSPS) is 14.1. The van der Waals surface area contributed by atoms with E-state index in [2.05, 4.69) is 169 Å². The predicted octanol–water partition coefficient (Wildman–Crippen LogP) is 11.8. The van der Waals surface area contributed by atoms with Crippen molar-refractivity contribution in [1.82, 2.24) is 9.13 Å². The van der Waals surface area contributed by atoms with E-state index in [1.54, 1.807) is 0 Å². The monoisotopic (exact) mass is 612 g/mol. The van der Waals surface area contributed by atoms with Crippen LogP contribution in [0.1, 0.15) is 36.1 Å². The Labute approximate surface area is 279 Å². The fourth-order valence-corrected chi connectivity index (χ4v) is 9.06. The first-order valence-corrected chi connectivity index (χ1v) is 17.0. The summed E-state index contributed by atoms with van der Waals surface area (Å²) in [6.45, 7) is 4.75. The Hall–Kier alpha value is -5.86. The van der Waals surface area contributed by atoms with Crippen LogP contribution in [0.4, 0.5) is 0 Å². The van der Waals surface area contributed by atoms with Crippen molar-refractivity contribution in [1.29, 1.82) is 0 Å². The zero-order valence-electron chi connectivity index (χ0n) is 27.0. The molecule has 226 valence electrons. The summed E-state index contributed by atoms with van der Waals surface area (Å²) in [4.78, 5) is 0. The van der Waals surface area contributed by atoms with Gasteiger partial charge in [0.15, 0.2) is 0 Å². The SMILES string of the molecule is CC1(C)c2ccccc2-c2cc3c4ccccc4n(-c4ccc5c(c4)-c4cc(-n6c7ccccc7c7ccccc76)ccc4C5)c3cc21. The fraction of sp³-hybridized carbons (Fsp3) is 0.0870. The van der Waals surface area contributed by atoms with Crippen LogP contribution in [0.3, 0.4) is 0 Å². The first-order chi connectivity index (χ1) is 23.6. The highest BCUT2D eigenvalue weighted by atomic mass is 15.0. The lowest BCUT2D eigenvalue weighted by Crippen LogP contribution is -2.14. The van der Waals surface area contributed by atoms with Gasteiger partial charge in [-0.25, -0.2) is 0 Å². The molecule has 0 fully saturated rings. The van der Waals surface area contributed by atoms with E-state index in [1.807, 2.05) is 0 Å². The molecule has 0 N–H and O–H groups in total. The molecule has 48 heavy (non-hydrogen) atoms. The van der Waals surface area contributed by atoms with Gasteiger partial charge in [-0.15, -0.1) is 0 Å². The van der Waals surface area contributed by atoms with Crippen molar-refractivity contribution in [2.75, 3.05) is 0 Å². The highest BCUT2D eigenvalue weighted by molar-refractivity contribution is 6.12. The van der Waals surface area contributed by atoms with Gasteiger partial charge in [0, 0.05) is 38.3 Å². The Morgan fingerprint density at radius 2 is 0.896 bits per heavy atom. The Balaban J connectivity index is 1.13. The Morgan fingerprint density at radius 3 is 1.50 bits per heavy atom. The second-order valence-corrected chi connectivity index (χ2v) is 14.2. The molecule has 2 heteroatoms. The lowest BCUT2D eigenvalue weighted by Gasteiger charge is -2.21. The zero-order chi connectivity index (χ0) is 31.7. The van der Waals surface area contributed by atoms with Gasteiger partial charge in [0.2, 0.25) is 0 Å². The van der Waals surface area contributed by atoms with Gasteiger partial charge in [-0.2, -0.15) is 0 Å². The quantitative estimate of drug-likeness (QED) is 0.184. The van der Waals surface area contributed by atoms with E-state index in [-0.39, 0.29) is 5.41 Å². The van der Waals surface area contributed by atoms with Gasteiger partial charge in [0.1, 0.15) is 0 Å². The van der Waals surface area contributed by atoms with Crippen LogP contribution in [0.25, 0.3) is 77.2 Å². The van der Waals surface area contributed by atoms with Gasteiger partial charge >= 0.3 is 0 Å². The molecule has 0 aliphatic heterocycles. The molecule has 0 amide bonds. The van der Waals surface area contributed by atoms with Crippen molar-refractivity contribution in [2.24, 2.45) is 0 Å². The minimum atomic E-state index is -0.0541. The molecule has 2 aliphatic carbocycles. The number of hydrogen-bond donors (Lipinski definition) is 0. The number of nitrogens with zero attached hydrogens (tertiary/aromatic N) is 2. The molecule has 2 heterocycles. The van der Waals surface area contributed by atoms with Crippen molar-refractivity contribution < 1.29 is 0 Å². The predicted molar refractivity (Wildman–Crippen MR) is 201 cm³/mol. The number of rotatable bonds is 2. The Bertz CT molecular complexity index is 2790. The van der Waals surface area contributed by atoms with Crippen LogP contribution >= 0.6 is 0 Å². The summed E-state index contributed by atoms with van der Waals surface area (Å²) in [7, 11) is 0. The molecule has 2 aromatic heterocycles. The van der Waals surface area contributed by atoms with Crippen LogP contribution in [0.15, 0.2) is 146 Å². The van der Waals surface area contributed by atoms with Crippen LogP contribution < -0.4 is 0 Å². The molecule has 0 spiro atoms. The summed E-state index contributed by atoms with van der Waals surface area (Å²) >= 11 is 0. The number of benzene rings is 7. The second-order valence-electron chi connectivity index (χ2n) is 14.2. The molecule has 0 radical (unpaired) electrons. The maximum absolute atomic E-state index is 2.50. The molecule has 0 saturated carbocycles. The summed E-state index contributed by atoms with van der Waals surface area (Å²) in [5.41, 5.74) is 18.4. The molecular weight excluding hydrogens is 581 g/mol. The fourth-order valence-electron chi connectivity index (χ4n) is 9.06. The second kappa shape index (κ2) is 9.14. The minimum absolute atomic E-state index is 0.0541. The van der Waals surface area contributed by atoms with Gasteiger partial charge in [-0.05, 0) is 106 Å². The number of aromatic nitrogens is 2. The van der Waals surface area contributed by atoms with Crippen LogP contribution in [0.2, 0.25) is 0 Å². The molecule has 7 aromatic carbocycles. The van der Waals surface area contributed by atoms with Crippen molar-refractivity contribution in [3.63, 3.8) is 0 Å². The summed E-state index contributed by atoms with van der Waals surface area (Å²) < 4.78 is 4.93. The topological polar surface area (TPSA) is 9.86 Å². The van der Waals surface area contributed by atoms with E-state index >= 15 is 0 Å². The molecule has 0 bridgehead atoms. The molecule has 0 saturated heterocycles. The maximum atomic E-state index is 2.50. The average molecular weight is 613 g/mol. The molecule has 11 rings (SSSR count). The highest BCUT2D eigenvalue weighted by Gasteiger charge is 2.36. The zero-order valence-corrected chi connectivity index (χ0v) is 27.0. The van der Waals surface area contributed by atoms with Crippen LogP contribution in [-0.4, -0.2) is 9.13 Å². The third kappa shape index (κ3) is 3.32. The summed E-state index contributed by atoms with van der Waals surface area (Å²) in [5, 5.41) is 5.19. The first kappa shape index (κ1) is 26.2. The Morgan fingerprint density at radius 1 is 0.396 bits per heavy atom. The van der Waals surface area contributed by atoms with Crippen molar-refractivity contribution in [3.8, 4) is 33.6 Å². The van der Waals surface area contributed by atoms with Gasteiger partial charge in [0.05, 0.1) is 22.1 Å².